The first-order valence-corrected chi connectivity index (χ1v) is 8.78. The van der Waals surface area contributed by atoms with Crippen LogP contribution < -0.4 is 10.6 Å². The lowest BCUT2D eigenvalue weighted by molar-refractivity contribution is -0.115. The minimum Gasteiger partial charge on any atom is -0.462 e. The molecule has 0 saturated heterocycles. The number of hydrogen-bond donors (Lipinski definition) is 2. The molecular weight excluding hydrogens is 324 g/mol. The summed E-state index contributed by atoms with van der Waals surface area (Å²) < 4.78 is 5.17. The van der Waals surface area contributed by atoms with Gasteiger partial charge in [0.05, 0.1) is 13.2 Å². The number of ether oxygens (including phenoxy) is 1. The van der Waals surface area contributed by atoms with Crippen LogP contribution in [0, 0.1) is 0 Å². The fourth-order valence-corrected chi connectivity index (χ4v) is 3.13. The standard InChI is InChI=1S/C18H22N2O3S/c1-4-23-18(22)16-14(13-8-6-5-7-9-13)11-24-17(16)20-15(21)10-19-12(2)3/h5-9,11-12,19H,4,10H2,1-3H3,(H,20,21). The number of amides is 1. The molecule has 0 unspecified atom stereocenters. The van der Waals surface area contributed by atoms with Crippen molar-refractivity contribution < 1.29 is 14.3 Å². The van der Waals surface area contributed by atoms with Crippen LogP contribution in [0.15, 0.2) is 35.7 Å². The molecule has 2 N–H and O–H groups in total. The highest BCUT2D eigenvalue weighted by Gasteiger charge is 2.22. The van der Waals surface area contributed by atoms with Gasteiger partial charge in [0.25, 0.3) is 0 Å². The SMILES string of the molecule is CCOC(=O)c1c(-c2ccccc2)csc1NC(=O)CNC(C)C. The van der Waals surface area contributed by atoms with Gasteiger partial charge in [-0.05, 0) is 12.5 Å². The van der Waals surface area contributed by atoms with Crippen LogP contribution in [-0.2, 0) is 9.53 Å². The van der Waals surface area contributed by atoms with Crippen molar-refractivity contribution in [3.8, 4) is 11.1 Å². The van der Waals surface area contributed by atoms with Crippen LogP contribution in [0.1, 0.15) is 31.1 Å². The average Bonchev–Trinajstić information content (AvgIpc) is 2.97. The summed E-state index contributed by atoms with van der Waals surface area (Å²) in [7, 11) is 0. The van der Waals surface area contributed by atoms with Crippen LogP contribution in [0.2, 0.25) is 0 Å². The van der Waals surface area contributed by atoms with Crippen LogP contribution in [0.3, 0.4) is 0 Å². The molecule has 0 radical (unpaired) electrons. The molecular formula is C18H22N2O3S. The zero-order valence-corrected chi connectivity index (χ0v) is 14.9. The Morgan fingerprint density at radius 3 is 2.54 bits per heavy atom. The zero-order chi connectivity index (χ0) is 17.5. The predicted molar refractivity (Wildman–Crippen MR) is 97.5 cm³/mol. The van der Waals surface area contributed by atoms with Gasteiger partial charge < -0.3 is 15.4 Å². The maximum Gasteiger partial charge on any atom is 0.341 e. The van der Waals surface area contributed by atoms with Crippen molar-refractivity contribution in [2.24, 2.45) is 0 Å². The van der Waals surface area contributed by atoms with Crippen molar-refractivity contribution in [1.29, 1.82) is 0 Å². The molecule has 2 rings (SSSR count). The van der Waals surface area contributed by atoms with Crippen molar-refractivity contribution in [3.63, 3.8) is 0 Å². The minimum atomic E-state index is -0.426. The number of esters is 1. The van der Waals surface area contributed by atoms with Crippen molar-refractivity contribution in [3.05, 3.63) is 41.3 Å². The van der Waals surface area contributed by atoms with Gasteiger partial charge in [0.15, 0.2) is 0 Å². The number of carbonyl (C=O) groups excluding carboxylic acids is 2. The van der Waals surface area contributed by atoms with Crippen molar-refractivity contribution >= 4 is 28.2 Å². The van der Waals surface area contributed by atoms with E-state index in [0.29, 0.717) is 10.6 Å². The van der Waals surface area contributed by atoms with Crippen molar-refractivity contribution in [2.75, 3.05) is 18.5 Å². The monoisotopic (exact) mass is 346 g/mol. The summed E-state index contributed by atoms with van der Waals surface area (Å²) in [4.78, 5) is 24.5. The molecule has 6 heteroatoms. The second-order valence-corrected chi connectivity index (χ2v) is 6.40. The van der Waals surface area contributed by atoms with E-state index in [0.717, 1.165) is 11.1 Å². The molecule has 1 aromatic heterocycles. The van der Waals surface area contributed by atoms with Gasteiger partial charge in [-0.3, -0.25) is 4.79 Å². The Morgan fingerprint density at radius 1 is 1.21 bits per heavy atom. The van der Waals surface area contributed by atoms with Gasteiger partial charge in [-0.15, -0.1) is 11.3 Å². The molecule has 0 spiro atoms. The second kappa shape index (κ2) is 8.61. The lowest BCUT2D eigenvalue weighted by atomic mass is 10.0. The molecule has 24 heavy (non-hydrogen) atoms. The predicted octanol–water partition coefficient (Wildman–Crippen LogP) is 3.53. The van der Waals surface area contributed by atoms with Gasteiger partial charge in [0.2, 0.25) is 5.91 Å². The van der Waals surface area contributed by atoms with Gasteiger partial charge in [0, 0.05) is 17.0 Å². The van der Waals surface area contributed by atoms with Crippen LogP contribution in [0.4, 0.5) is 5.00 Å². The van der Waals surface area contributed by atoms with E-state index < -0.39 is 5.97 Å². The van der Waals surface area contributed by atoms with Crippen LogP contribution in [0.25, 0.3) is 11.1 Å². The lowest BCUT2D eigenvalue weighted by Crippen LogP contribution is -2.32. The van der Waals surface area contributed by atoms with E-state index in [1.165, 1.54) is 11.3 Å². The number of benzene rings is 1. The van der Waals surface area contributed by atoms with E-state index in [2.05, 4.69) is 10.6 Å². The summed E-state index contributed by atoms with van der Waals surface area (Å²) in [5, 5.41) is 8.25. The summed E-state index contributed by atoms with van der Waals surface area (Å²) in [6, 6.07) is 9.80. The first-order valence-electron chi connectivity index (χ1n) is 7.90. The Morgan fingerprint density at radius 2 is 1.92 bits per heavy atom. The highest BCUT2D eigenvalue weighted by molar-refractivity contribution is 7.15. The maximum absolute atomic E-state index is 12.4. The molecule has 128 valence electrons. The third-order valence-corrected chi connectivity index (χ3v) is 4.17. The van der Waals surface area contributed by atoms with Crippen molar-refractivity contribution in [2.45, 2.75) is 26.8 Å². The van der Waals surface area contributed by atoms with E-state index in [1.807, 2.05) is 49.6 Å². The molecule has 1 aromatic carbocycles. The molecule has 2 aromatic rings. The first-order chi connectivity index (χ1) is 11.5. The fraction of sp³-hybridized carbons (Fsp3) is 0.333. The summed E-state index contributed by atoms with van der Waals surface area (Å²) >= 11 is 1.33. The molecule has 0 fully saturated rings. The summed E-state index contributed by atoms with van der Waals surface area (Å²) in [5.41, 5.74) is 2.09. The number of nitrogens with one attached hydrogen (secondary N) is 2. The smallest absolute Gasteiger partial charge is 0.341 e. The summed E-state index contributed by atoms with van der Waals surface area (Å²) in [6.07, 6.45) is 0. The quantitative estimate of drug-likeness (QED) is 0.753. The number of anilines is 1. The van der Waals surface area contributed by atoms with Crippen LogP contribution in [0.5, 0.6) is 0 Å². The molecule has 0 atom stereocenters. The van der Waals surface area contributed by atoms with Gasteiger partial charge in [0.1, 0.15) is 10.6 Å². The highest BCUT2D eigenvalue weighted by Crippen LogP contribution is 2.36. The van der Waals surface area contributed by atoms with Gasteiger partial charge in [-0.2, -0.15) is 0 Å². The third-order valence-electron chi connectivity index (χ3n) is 3.28. The van der Waals surface area contributed by atoms with E-state index in [1.54, 1.807) is 6.92 Å². The van der Waals surface area contributed by atoms with Gasteiger partial charge in [-0.25, -0.2) is 4.79 Å². The maximum atomic E-state index is 12.4. The average molecular weight is 346 g/mol. The van der Waals surface area contributed by atoms with Crippen LogP contribution >= 0.6 is 11.3 Å². The van der Waals surface area contributed by atoms with E-state index in [-0.39, 0.29) is 25.1 Å². The largest absolute Gasteiger partial charge is 0.462 e. The third kappa shape index (κ3) is 4.66. The molecule has 1 heterocycles. The summed E-state index contributed by atoms with van der Waals surface area (Å²) in [6.45, 7) is 6.17. The molecule has 0 aliphatic carbocycles. The second-order valence-electron chi connectivity index (χ2n) is 5.52. The Bertz CT molecular complexity index is 696. The van der Waals surface area contributed by atoms with E-state index in [4.69, 9.17) is 4.74 Å². The first kappa shape index (κ1) is 18.2. The highest BCUT2D eigenvalue weighted by atomic mass is 32.1. The number of carbonyl (C=O) groups is 2. The molecule has 0 aliphatic heterocycles. The fourth-order valence-electron chi connectivity index (χ4n) is 2.15. The van der Waals surface area contributed by atoms with E-state index in [9.17, 15) is 9.59 Å². The Labute approximate surface area is 146 Å². The molecule has 0 saturated carbocycles. The molecule has 5 nitrogen and oxygen atoms in total. The number of rotatable bonds is 7. The topological polar surface area (TPSA) is 67.4 Å². The Kier molecular flexibility index (Phi) is 6.52. The Balaban J connectivity index is 2.29. The zero-order valence-electron chi connectivity index (χ0n) is 14.1. The minimum absolute atomic E-state index is 0.185. The lowest BCUT2D eigenvalue weighted by Gasteiger charge is -2.10. The van der Waals surface area contributed by atoms with Crippen molar-refractivity contribution in [1.82, 2.24) is 5.32 Å². The van der Waals surface area contributed by atoms with Crippen LogP contribution in [-0.4, -0.2) is 31.1 Å². The number of hydrogen-bond acceptors (Lipinski definition) is 5. The number of thiophene rings is 1. The van der Waals surface area contributed by atoms with Gasteiger partial charge in [-0.1, -0.05) is 44.2 Å². The molecule has 1 amide bonds. The van der Waals surface area contributed by atoms with Gasteiger partial charge >= 0.3 is 5.97 Å². The summed E-state index contributed by atoms with van der Waals surface area (Å²) in [5.74, 6) is -0.611. The normalized spacial score (nSPS) is 10.7. The molecule has 0 aliphatic rings. The van der Waals surface area contributed by atoms with E-state index >= 15 is 0 Å². The Hall–Kier alpha value is -2.18. The molecule has 0 bridgehead atoms.